The molecule has 0 aliphatic carbocycles. The fourth-order valence-electron chi connectivity index (χ4n) is 1.66. The van der Waals surface area contributed by atoms with Crippen molar-refractivity contribution >= 4 is 7.48 Å². The predicted octanol–water partition coefficient (Wildman–Crippen LogP) is 0.272. The molecule has 1 spiro atoms. The first kappa shape index (κ1) is 9.46. The Hall–Kier alpha value is -0.0951. The Balaban J connectivity index is 1.94. The van der Waals surface area contributed by atoms with Crippen molar-refractivity contribution in [3.8, 4) is 0 Å². The zero-order valence-corrected chi connectivity index (χ0v) is 8.25. The maximum Gasteiger partial charge on any atom is 0.365 e. The maximum absolute atomic E-state index is 5.77. The van der Waals surface area contributed by atoms with E-state index in [1.165, 1.54) is 0 Å². The van der Waals surface area contributed by atoms with Crippen molar-refractivity contribution in [3.63, 3.8) is 0 Å². The lowest BCUT2D eigenvalue weighted by Crippen LogP contribution is -2.46. The monoisotopic (exact) mass is 183 g/mol. The van der Waals surface area contributed by atoms with Crippen LogP contribution in [0.3, 0.4) is 0 Å². The van der Waals surface area contributed by atoms with Crippen molar-refractivity contribution in [1.82, 2.24) is 10.5 Å². The molecule has 2 saturated heterocycles. The SMILES string of the molecule is CC(C)N1O[B]C2(CCNCC2)O1. The normalized spacial score (nSPS) is 28.2. The third-order valence-corrected chi connectivity index (χ3v) is 2.51. The molecule has 73 valence electrons. The van der Waals surface area contributed by atoms with E-state index in [9.17, 15) is 0 Å². The number of nitrogens with zero attached hydrogens (tertiary/aromatic N) is 1. The average Bonchev–Trinajstić information content (AvgIpc) is 2.51. The lowest BCUT2D eigenvalue weighted by molar-refractivity contribution is -0.332. The number of nitrogens with one attached hydrogen (secondary N) is 1. The smallest absolute Gasteiger partial charge is 0.342 e. The summed E-state index contributed by atoms with van der Waals surface area (Å²) in [4.78, 5) is 5.77. The van der Waals surface area contributed by atoms with E-state index in [4.69, 9.17) is 9.59 Å². The van der Waals surface area contributed by atoms with Crippen LogP contribution >= 0.6 is 0 Å². The van der Waals surface area contributed by atoms with Gasteiger partial charge < -0.3 is 10.1 Å². The van der Waals surface area contributed by atoms with Crippen molar-refractivity contribution in [2.24, 2.45) is 0 Å². The predicted molar refractivity (Wildman–Crippen MR) is 49.7 cm³/mol. The molecule has 1 radical (unpaired) electrons. The van der Waals surface area contributed by atoms with Crippen LogP contribution in [0.2, 0.25) is 0 Å². The minimum atomic E-state index is -0.157. The summed E-state index contributed by atoms with van der Waals surface area (Å²) in [5.74, 6) is 0. The summed E-state index contributed by atoms with van der Waals surface area (Å²) in [7, 11) is 1.84. The summed E-state index contributed by atoms with van der Waals surface area (Å²) in [6, 6.07) is 0.269. The van der Waals surface area contributed by atoms with E-state index >= 15 is 0 Å². The molecule has 0 aromatic heterocycles. The summed E-state index contributed by atoms with van der Waals surface area (Å²) in [6.45, 7) is 6.11. The van der Waals surface area contributed by atoms with E-state index in [0.717, 1.165) is 25.9 Å². The fraction of sp³-hybridized carbons (Fsp3) is 1.00. The molecule has 0 bridgehead atoms. The molecule has 2 aliphatic rings. The van der Waals surface area contributed by atoms with Crippen LogP contribution in [0.25, 0.3) is 0 Å². The summed E-state index contributed by atoms with van der Waals surface area (Å²) < 4.78 is 5.37. The second-order valence-corrected chi connectivity index (χ2v) is 4.01. The molecule has 2 aliphatic heterocycles. The van der Waals surface area contributed by atoms with Crippen LogP contribution < -0.4 is 5.32 Å². The van der Waals surface area contributed by atoms with Gasteiger partial charge >= 0.3 is 7.48 Å². The summed E-state index contributed by atoms with van der Waals surface area (Å²) >= 11 is 0. The van der Waals surface area contributed by atoms with Gasteiger partial charge in [-0.3, -0.25) is 4.84 Å². The van der Waals surface area contributed by atoms with Gasteiger partial charge in [0.25, 0.3) is 0 Å². The van der Waals surface area contributed by atoms with E-state index in [1.807, 2.05) is 21.3 Å². The van der Waals surface area contributed by atoms with Crippen LogP contribution in [0.5, 0.6) is 0 Å². The highest BCUT2D eigenvalue weighted by Gasteiger charge is 2.44. The van der Waals surface area contributed by atoms with Gasteiger partial charge in [0.1, 0.15) is 0 Å². The number of hydrogen-bond acceptors (Lipinski definition) is 4. The van der Waals surface area contributed by atoms with Crippen molar-refractivity contribution < 1.29 is 9.59 Å². The highest BCUT2D eigenvalue weighted by Crippen LogP contribution is 2.29. The number of piperidine rings is 1. The van der Waals surface area contributed by atoms with Gasteiger partial charge in [-0.05, 0) is 39.8 Å². The summed E-state index contributed by atoms with van der Waals surface area (Å²) in [6.07, 6.45) is 1.99. The van der Waals surface area contributed by atoms with Gasteiger partial charge in [0.2, 0.25) is 0 Å². The Morgan fingerprint density at radius 2 is 2.08 bits per heavy atom. The van der Waals surface area contributed by atoms with Crippen LogP contribution in [0.15, 0.2) is 0 Å². The number of hydrogen-bond donors (Lipinski definition) is 1. The lowest BCUT2D eigenvalue weighted by atomic mass is 9.69. The number of rotatable bonds is 1. The second-order valence-electron chi connectivity index (χ2n) is 4.01. The van der Waals surface area contributed by atoms with E-state index in [-0.39, 0.29) is 11.5 Å². The molecule has 0 aromatic carbocycles. The van der Waals surface area contributed by atoms with E-state index in [2.05, 4.69) is 5.32 Å². The van der Waals surface area contributed by atoms with E-state index < -0.39 is 0 Å². The Labute approximate surface area is 79.7 Å². The lowest BCUT2D eigenvalue weighted by Gasteiger charge is -2.31. The molecule has 13 heavy (non-hydrogen) atoms. The van der Waals surface area contributed by atoms with Crippen LogP contribution in [-0.2, 0) is 9.59 Å². The molecule has 2 rings (SSSR count). The van der Waals surface area contributed by atoms with Crippen molar-refractivity contribution in [2.75, 3.05) is 13.1 Å². The van der Waals surface area contributed by atoms with Crippen molar-refractivity contribution in [3.05, 3.63) is 0 Å². The third-order valence-electron chi connectivity index (χ3n) is 2.51. The molecule has 2 fully saturated rings. The van der Waals surface area contributed by atoms with E-state index in [1.54, 1.807) is 5.23 Å². The van der Waals surface area contributed by atoms with Crippen LogP contribution in [0.4, 0.5) is 0 Å². The fourth-order valence-corrected chi connectivity index (χ4v) is 1.66. The summed E-state index contributed by atoms with van der Waals surface area (Å²) in [5.41, 5.74) is -0.157. The zero-order chi connectivity index (χ0) is 9.31. The van der Waals surface area contributed by atoms with Gasteiger partial charge in [0.05, 0.1) is 11.5 Å². The van der Waals surface area contributed by atoms with Crippen LogP contribution in [0, 0.1) is 0 Å². The first-order chi connectivity index (χ1) is 6.22. The molecule has 0 saturated carbocycles. The highest BCUT2D eigenvalue weighted by atomic mass is 17.0. The van der Waals surface area contributed by atoms with Gasteiger partial charge in [0, 0.05) is 0 Å². The van der Waals surface area contributed by atoms with Crippen LogP contribution in [0.1, 0.15) is 26.7 Å². The molecule has 0 atom stereocenters. The zero-order valence-electron chi connectivity index (χ0n) is 8.25. The highest BCUT2D eigenvalue weighted by molar-refractivity contribution is 6.32. The van der Waals surface area contributed by atoms with Crippen molar-refractivity contribution in [1.29, 1.82) is 0 Å². The molecular formula is C8H16BN2O2. The topological polar surface area (TPSA) is 33.7 Å². The molecular weight excluding hydrogens is 167 g/mol. The molecule has 5 heteroatoms. The average molecular weight is 183 g/mol. The first-order valence-corrected chi connectivity index (χ1v) is 4.92. The molecule has 0 aromatic rings. The minimum Gasteiger partial charge on any atom is -0.342 e. The van der Waals surface area contributed by atoms with Gasteiger partial charge in [-0.25, -0.2) is 0 Å². The molecule has 2 heterocycles. The Morgan fingerprint density at radius 1 is 1.38 bits per heavy atom. The molecule has 0 unspecified atom stereocenters. The van der Waals surface area contributed by atoms with E-state index in [0.29, 0.717) is 0 Å². The first-order valence-electron chi connectivity index (χ1n) is 4.92. The molecule has 1 N–H and O–H groups in total. The quantitative estimate of drug-likeness (QED) is 0.591. The minimum absolute atomic E-state index is 0.157. The largest absolute Gasteiger partial charge is 0.365 e. The van der Waals surface area contributed by atoms with Crippen molar-refractivity contribution in [2.45, 2.75) is 38.2 Å². The van der Waals surface area contributed by atoms with Gasteiger partial charge in [-0.2, -0.15) is 0 Å². The second kappa shape index (κ2) is 3.57. The van der Waals surface area contributed by atoms with Gasteiger partial charge in [0.15, 0.2) is 0 Å². The Bertz CT molecular complexity index is 183. The van der Waals surface area contributed by atoms with Crippen LogP contribution in [-0.4, -0.2) is 37.3 Å². The Kier molecular flexibility index (Phi) is 2.60. The molecule has 4 nitrogen and oxygen atoms in total. The Morgan fingerprint density at radius 3 is 2.62 bits per heavy atom. The molecule has 0 amide bonds. The summed E-state index contributed by atoms with van der Waals surface area (Å²) in [5, 5.41) is 4.89. The standard InChI is InChI=1S/C8H16BN2O2/c1-7(2)11-12-8(9-13-11)3-5-10-6-4-8/h7,10H,3-6H2,1-2H3. The van der Waals surface area contributed by atoms with Gasteiger partial charge in [-0.15, -0.1) is 0 Å². The third kappa shape index (κ3) is 1.88. The van der Waals surface area contributed by atoms with Gasteiger partial charge in [-0.1, -0.05) is 5.23 Å². The number of hydroxylamine groups is 2. The maximum atomic E-state index is 5.77.